The Morgan fingerprint density at radius 1 is 1.39 bits per heavy atom. The topological polar surface area (TPSA) is 62.3 Å². The summed E-state index contributed by atoms with van der Waals surface area (Å²) in [5.74, 6) is 0.895. The molecule has 5 heteroatoms. The van der Waals surface area contributed by atoms with Gasteiger partial charge in [-0.2, -0.15) is 0 Å². The van der Waals surface area contributed by atoms with Crippen LogP contribution in [0.2, 0.25) is 0 Å². The number of ether oxygens (including phenoxy) is 1. The fraction of sp³-hybridized carbons (Fsp3) is 0.462. The average Bonchev–Trinajstić information content (AvgIpc) is 2.32. The predicted octanol–water partition coefficient (Wildman–Crippen LogP) is 1.87. The number of halogens is 1. The number of benzene rings is 1. The van der Waals surface area contributed by atoms with Crippen LogP contribution in [0.5, 0.6) is 5.75 Å². The number of rotatable bonds is 3. The van der Waals surface area contributed by atoms with E-state index in [1.807, 2.05) is 24.3 Å². The molecule has 1 aromatic carbocycles. The normalized spacial score (nSPS) is 16.9. The lowest BCUT2D eigenvalue weighted by molar-refractivity contribution is 0.114. The van der Waals surface area contributed by atoms with Crippen LogP contribution in [0.4, 0.5) is 0 Å². The third kappa shape index (κ3) is 3.89. The molecule has 0 amide bonds. The SMILES string of the molecule is CN1CCC(Oc2cccc(C(=N)N)c2)CC1.Cl. The van der Waals surface area contributed by atoms with Crippen molar-refractivity contribution in [2.75, 3.05) is 20.1 Å². The molecular weight excluding hydrogens is 250 g/mol. The second-order valence-electron chi connectivity index (χ2n) is 4.56. The van der Waals surface area contributed by atoms with Gasteiger partial charge in [-0.25, -0.2) is 0 Å². The van der Waals surface area contributed by atoms with Gasteiger partial charge in [0.1, 0.15) is 17.7 Å². The molecule has 3 N–H and O–H groups in total. The maximum absolute atomic E-state index is 7.39. The van der Waals surface area contributed by atoms with Crippen molar-refractivity contribution in [3.63, 3.8) is 0 Å². The Morgan fingerprint density at radius 2 is 2.06 bits per heavy atom. The van der Waals surface area contributed by atoms with Crippen molar-refractivity contribution < 1.29 is 4.74 Å². The van der Waals surface area contributed by atoms with E-state index < -0.39 is 0 Å². The minimum absolute atomic E-state index is 0. The van der Waals surface area contributed by atoms with E-state index in [-0.39, 0.29) is 24.3 Å². The minimum atomic E-state index is 0. The van der Waals surface area contributed by atoms with Gasteiger partial charge in [-0.1, -0.05) is 12.1 Å². The van der Waals surface area contributed by atoms with E-state index in [4.69, 9.17) is 15.9 Å². The number of piperidine rings is 1. The molecule has 0 aliphatic carbocycles. The first-order valence-corrected chi connectivity index (χ1v) is 5.95. The smallest absolute Gasteiger partial charge is 0.122 e. The molecule has 1 saturated heterocycles. The van der Waals surface area contributed by atoms with E-state index in [1.165, 1.54) is 0 Å². The van der Waals surface area contributed by atoms with E-state index in [0.29, 0.717) is 0 Å². The third-order valence-electron chi connectivity index (χ3n) is 3.11. The number of hydrogen-bond acceptors (Lipinski definition) is 3. The van der Waals surface area contributed by atoms with Gasteiger partial charge >= 0.3 is 0 Å². The van der Waals surface area contributed by atoms with Crippen LogP contribution in [0.25, 0.3) is 0 Å². The van der Waals surface area contributed by atoms with Crippen LogP contribution in [0, 0.1) is 5.41 Å². The largest absolute Gasteiger partial charge is 0.490 e. The quantitative estimate of drug-likeness (QED) is 0.650. The summed E-state index contributed by atoms with van der Waals surface area (Å²) in [4.78, 5) is 2.31. The Hall–Kier alpha value is -1.26. The lowest BCUT2D eigenvalue weighted by Gasteiger charge is -2.29. The van der Waals surface area contributed by atoms with E-state index in [9.17, 15) is 0 Å². The van der Waals surface area contributed by atoms with Crippen LogP contribution in [0.3, 0.4) is 0 Å². The zero-order valence-electron chi connectivity index (χ0n) is 10.6. The number of nitrogens with two attached hydrogens (primary N) is 1. The third-order valence-corrected chi connectivity index (χ3v) is 3.11. The molecule has 0 saturated carbocycles. The molecule has 1 aliphatic heterocycles. The van der Waals surface area contributed by atoms with Crippen LogP contribution in [-0.2, 0) is 0 Å². The molecule has 18 heavy (non-hydrogen) atoms. The summed E-state index contributed by atoms with van der Waals surface area (Å²) < 4.78 is 5.92. The Bertz CT molecular complexity index is 403. The molecule has 0 unspecified atom stereocenters. The van der Waals surface area contributed by atoms with Gasteiger partial charge in [-0.15, -0.1) is 12.4 Å². The van der Waals surface area contributed by atoms with E-state index >= 15 is 0 Å². The second kappa shape index (κ2) is 6.61. The zero-order chi connectivity index (χ0) is 12.3. The Balaban J connectivity index is 0.00000162. The molecule has 0 spiro atoms. The molecule has 0 atom stereocenters. The van der Waals surface area contributed by atoms with Gasteiger partial charge in [0, 0.05) is 18.7 Å². The van der Waals surface area contributed by atoms with Crippen molar-refractivity contribution in [1.29, 1.82) is 5.41 Å². The molecule has 0 aromatic heterocycles. The van der Waals surface area contributed by atoms with Gasteiger partial charge in [-0.05, 0) is 32.0 Å². The summed E-state index contributed by atoms with van der Waals surface area (Å²) >= 11 is 0. The first kappa shape index (κ1) is 14.8. The number of nitrogens with one attached hydrogen (secondary N) is 1. The monoisotopic (exact) mass is 269 g/mol. The molecule has 2 rings (SSSR count). The number of likely N-dealkylation sites (tertiary alicyclic amines) is 1. The first-order chi connectivity index (χ1) is 8.15. The Kier molecular flexibility index (Phi) is 5.44. The second-order valence-corrected chi connectivity index (χ2v) is 4.56. The lowest BCUT2D eigenvalue weighted by atomic mass is 10.1. The van der Waals surface area contributed by atoms with E-state index in [2.05, 4.69) is 11.9 Å². The molecule has 100 valence electrons. The molecule has 0 bridgehead atoms. The highest BCUT2D eigenvalue weighted by Gasteiger charge is 2.17. The molecule has 0 radical (unpaired) electrons. The average molecular weight is 270 g/mol. The molecule has 1 heterocycles. The molecule has 1 aliphatic rings. The van der Waals surface area contributed by atoms with E-state index in [0.717, 1.165) is 37.2 Å². The predicted molar refractivity (Wildman–Crippen MR) is 75.9 cm³/mol. The number of nitrogen functional groups attached to an aromatic ring is 1. The zero-order valence-corrected chi connectivity index (χ0v) is 11.4. The van der Waals surface area contributed by atoms with Gasteiger partial charge < -0.3 is 15.4 Å². The summed E-state index contributed by atoms with van der Waals surface area (Å²) in [7, 11) is 2.13. The highest BCUT2D eigenvalue weighted by atomic mass is 35.5. The number of hydrogen-bond donors (Lipinski definition) is 2. The highest BCUT2D eigenvalue weighted by molar-refractivity contribution is 5.95. The fourth-order valence-electron chi connectivity index (χ4n) is 2.03. The maximum Gasteiger partial charge on any atom is 0.122 e. The first-order valence-electron chi connectivity index (χ1n) is 5.95. The van der Waals surface area contributed by atoms with Gasteiger partial charge in [0.2, 0.25) is 0 Å². The fourth-order valence-corrected chi connectivity index (χ4v) is 2.03. The standard InChI is InChI=1S/C13H19N3O.ClH/c1-16-7-5-11(6-8-16)17-12-4-2-3-10(9-12)13(14)15;/h2-4,9,11H,5-8H2,1H3,(H3,14,15);1H. The Morgan fingerprint density at radius 3 is 2.67 bits per heavy atom. The maximum atomic E-state index is 7.39. The van der Waals surface area contributed by atoms with Crippen LogP contribution in [-0.4, -0.2) is 37.0 Å². The van der Waals surface area contributed by atoms with Crippen LogP contribution < -0.4 is 10.5 Å². The molecule has 1 fully saturated rings. The molecule has 1 aromatic rings. The van der Waals surface area contributed by atoms with Crippen LogP contribution >= 0.6 is 12.4 Å². The molecular formula is C13H20ClN3O. The van der Waals surface area contributed by atoms with Crippen LogP contribution in [0.1, 0.15) is 18.4 Å². The van der Waals surface area contributed by atoms with Crippen molar-refractivity contribution in [3.8, 4) is 5.75 Å². The minimum Gasteiger partial charge on any atom is -0.490 e. The van der Waals surface area contributed by atoms with Gasteiger partial charge in [0.15, 0.2) is 0 Å². The molecule has 4 nitrogen and oxygen atoms in total. The van der Waals surface area contributed by atoms with Crippen molar-refractivity contribution in [2.24, 2.45) is 5.73 Å². The summed E-state index contributed by atoms with van der Waals surface area (Å²) in [6.07, 6.45) is 2.40. The van der Waals surface area contributed by atoms with Gasteiger partial charge in [0.05, 0.1) is 0 Å². The number of nitrogens with zero attached hydrogens (tertiary/aromatic N) is 1. The Labute approximate surface area is 114 Å². The highest BCUT2D eigenvalue weighted by Crippen LogP contribution is 2.19. The van der Waals surface area contributed by atoms with Gasteiger partial charge in [0.25, 0.3) is 0 Å². The summed E-state index contributed by atoms with van der Waals surface area (Å²) in [6.45, 7) is 2.16. The van der Waals surface area contributed by atoms with Crippen LogP contribution in [0.15, 0.2) is 24.3 Å². The van der Waals surface area contributed by atoms with Crippen molar-refractivity contribution in [2.45, 2.75) is 18.9 Å². The summed E-state index contributed by atoms with van der Waals surface area (Å²) in [6, 6.07) is 7.45. The van der Waals surface area contributed by atoms with E-state index in [1.54, 1.807) is 0 Å². The lowest BCUT2D eigenvalue weighted by Crippen LogP contribution is -2.35. The van der Waals surface area contributed by atoms with Crippen molar-refractivity contribution in [3.05, 3.63) is 29.8 Å². The van der Waals surface area contributed by atoms with Crippen molar-refractivity contribution >= 4 is 18.2 Å². The summed E-state index contributed by atoms with van der Waals surface area (Å²) in [5.41, 5.74) is 6.17. The summed E-state index contributed by atoms with van der Waals surface area (Å²) in [5, 5.41) is 7.39. The van der Waals surface area contributed by atoms with Gasteiger partial charge in [-0.3, -0.25) is 5.41 Å². The van der Waals surface area contributed by atoms with Crippen molar-refractivity contribution in [1.82, 2.24) is 4.90 Å². The number of amidine groups is 1.